The molecule has 0 atom stereocenters. The number of hydrogen-bond acceptors (Lipinski definition) is 1. The second-order valence-corrected chi connectivity index (χ2v) is 1.69. The van der Waals surface area contributed by atoms with Gasteiger partial charge in [0.1, 0.15) is 0 Å². The molecule has 0 saturated heterocycles. The summed E-state index contributed by atoms with van der Waals surface area (Å²) in [6.07, 6.45) is 0. The average molecular weight is 329 g/mol. The van der Waals surface area contributed by atoms with Crippen LogP contribution in [0.5, 0.6) is 0 Å². The van der Waals surface area contributed by atoms with Crippen LogP contribution in [0.4, 0.5) is 23.5 Å². The molecule has 0 bridgehead atoms. The van der Waals surface area contributed by atoms with E-state index in [2.05, 4.69) is 0 Å². The molecule has 0 spiro atoms. The first-order valence-corrected chi connectivity index (χ1v) is 2.67. The Kier molecular flexibility index (Phi) is 61.2. The monoisotopic (exact) mass is 328 g/mol. The van der Waals surface area contributed by atoms with Crippen molar-refractivity contribution in [2.75, 3.05) is 0 Å². The van der Waals surface area contributed by atoms with Gasteiger partial charge in [0.05, 0.1) is 0 Å². The smallest absolute Gasteiger partial charge is 0.0178 e. The summed E-state index contributed by atoms with van der Waals surface area (Å²) in [6, 6.07) is 9.99. The quantitative estimate of drug-likeness (QED) is 0.614. The van der Waals surface area contributed by atoms with Crippen molar-refractivity contribution in [2.45, 2.75) is 6.54 Å². The molecular weight excluding hydrogens is 315 g/mol. The predicted octanol–water partition coefficient (Wildman–Crippen LogP) is 1.53. The Balaban J connectivity index is -0.0000000267. The molecule has 0 aromatic heterocycles. The van der Waals surface area contributed by atoms with Crippen molar-refractivity contribution in [2.24, 2.45) is 5.73 Å². The van der Waals surface area contributed by atoms with Crippen molar-refractivity contribution in [1.29, 1.82) is 0 Å². The Morgan fingerprint density at radius 2 is 1.14 bits per heavy atom. The van der Waals surface area contributed by atoms with Gasteiger partial charge in [0.15, 0.2) is 0 Å². The minimum atomic E-state index is 0. The minimum Gasteiger partial charge on any atom is -0.326 e. The van der Waals surface area contributed by atoms with E-state index in [0.29, 0.717) is 6.54 Å². The van der Waals surface area contributed by atoms with Crippen LogP contribution in [0.15, 0.2) is 30.3 Å². The molecular formula is C7H14F5NSb. The van der Waals surface area contributed by atoms with Crippen molar-refractivity contribution in [3.05, 3.63) is 35.9 Å². The Morgan fingerprint density at radius 1 is 0.786 bits per heavy atom. The predicted molar refractivity (Wildman–Crippen MR) is 52.6 cm³/mol. The fourth-order valence-electron chi connectivity index (χ4n) is 0.614. The van der Waals surface area contributed by atoms with Gasteiger partial charge in [-0.2, -0.15) is 0 Å². The van der Waals surface area contributed by atoms with Crippen LogP contribution in [0, 0.1) is 0 Å². The summed E-state index contributed by atoms with van der Waals surface area (Å²) < 4.78 is 0. The third-order valence-corrected chi connectivity index (χ3v) is 1.08. The van der Waals surface area contributed by atoms with Gasteiger partial charge in [0.2, 0.25) is 0 Å². The molecule has 2 N–H and O–H groups in total. The van der Waals surface area contributed by atoms with E-state index in [1.807, 2.05) is 30.3 Å². The third kappa shape index (κ3) is 14.2. The van der Waals surface area contributed by atoms with Crippen molar-refractivity contribution >= 4 is 24.4 Å². The van der Waals surface area contributed by atoms with Crippen LogP contribution >= 0.6 is 0 Å². The molecule has 14 heavy (non-hydrogen) atoms. The van der Waals surface area contributed by atoms with Crippen LogP contribution in [0.3, 0.4) is 0 Å². The first-order chi connectivity index (χ1) is 3.93. The standard InChI is InChI=1S/C7H9N.5FH.Sb/c8-6-7-4-2-1-3-5-7;;;;;;/h1-5H,6,8H2;5*1H;. The molecule has 0 amide bonds. The van der Waals surface area contributed by atoms with Crippen molar-refractivity contribution in [3.63, 3.8) is 0 Å². The molecule has 7 heteroatoms. The van der Waals surface area contributed by atoms with Gasteiger partial charge in [-0.25, -0.2) is 0 Å². The van der Waals surface area contributed by atoms with Crippen LogP contribution < -0.4 is 5.73 Å². The van der Waals surface area contributed by atoms with Gasteiger partial charge in [-0.1, -0.05) is 30.3 Å². The molecule has 0 aliphatic heterocycles. The van der Waals surface area contributed by atoms with E-state index in [0.717, 1.165) is 0 Å². The van der Waals surface area contributed by atoms with Gasteiger partial charge in [0, 0.05) is 31.0 Å². The van der Waals surface area contributed by atoms with E-state index < -0.39 is 0 Å². The summed E-state index contributed by atoms with van der Waals surface area (Å²) in [5.41, 5.74) is 6.54. The van der Waals surface area contributed by atoms with Gasteiger partial charge in [-0.05, 0) is 5.56 Å². The first-order valence-electron chi connectivity index (χ1n) is 2.67. The van der Waals surface area contributed by atoms with E-state index in [1.54, 1.807) is 0 Å². The summed E-state index contributed by atoms with van der Waals surface area (Å²) >= 11 is 0. The number of rotatable bonds is 1. The first kappa shape index (κ1) is 37.3. The summed E-state index contributed by atoms with van der Waals surface area (Å²) in [6.45, 7) is 0.640. The Hall–Kier alpha value is -0.352. The molecule has 0 heterocycles. The van der Waals surface area contributed by atoms with Gasteiger partial charge in [-0.3, -0.25) is 23.5 Å². The molecule has 1 rings (SSSR count). The molecule has 1 aromatic rings. The van der Waals surface area contributed by atoms with E-state index >= 15 is 0 Å². The number of nitrogens with two attached hydrogens (primary N) is 1. The molecule has 0 aliphatic carbocycles. The van der Waals surface area contributed by atoms with Crippen LogP contribution in [-0.4, -0.2) is 24.4 Å². The number of halogens is 5. The molecule has 0 aliphatic rings. The molecule has 0 saturated carbocycles. The zero-order valence-electron chi connectivity index (χ0n) is 7.16. The van der Waals surface area contributed by atoms with Gasteiger partial charge < -0.3 is 5.73 Å². The maximum absolute atomic E-state index is 5.35. The molecule has 1 nitrogen and oxygen atoms in total. The van der Waals surface area contributed by atoms with Gasteiger partial charge in [-0.15, -0.1) is 0 Å². The molecule has 87 valence electrons. The van der Waals surface area contributed by atoms with E-state index in [9.17, 15) is 0 Å². The topological polar surface area (TPSA) is 26.0 Å². The van der Waals surface area contributed by atoms with Gasteiger partial charge >= 0.3 is 0 Å². The van der Waals surface area contributed by atoms with Crippen LogP contribution in [-0.2, 0) is 6.54 Å². The van der Waals surface area contributed by atoms with Crippen LogP contribution in [0.1, 0.15) is 5.56 Å². The summed E-state index contributed by atoms with van der Waals surface area (Å²) in [7, 11) is 0. The Labute approximate surface area is 96.4 Å². The zero-order valence-corrected chi connectivity index (χ0v) is 9.71. The number of hydrogen-bond donors (Lipinski definition) is 1. The molecule has 3 radical (unpaired) electrons. The fraction of sp³-hybridized carbons (Fsp3) is 0.143. The normalized spacial score (nSPS) is 5.21. The molecule has 1 aromatic carbocycles. The van der Waals surface area contributed by atoms with Gasteiger partial charge in [0.25, 0.3) is 0 Å². The average Bonchev–Trinajstić information content (AvgIpc) is 1.90. The van der Waals surface area contributed by atoms with E-state index in [1.165, 1.54) is 5.56 Å². The van der Waals surface area contributed by atoms with E-state index in [-0.39, 0.29) is 47.9 Å². The summed E-state index contributed by atoms with van der Waals surface area (Å²) in [5, 5.41) is 0. The van der Waals surface area contributed by atoms with Crippen molar-refractivity contribution in [1.82, 2.24) is 0 Å². The van der Waals surface area contributed by atoms with Crippen molar-refractivity contribution in [3.8, 4) is 0 Å². The molecule has 0 unspecified atom stereocenters. The summed E-state index contributed by atoms with van der Waals surface area (Å²) in [5.74, 6) is 0. The fourth-order valence-corrected chi connectivity index (χ4v) is 0.614. The Bertz CT molecular complexity index is 163. The molecule has 0 fully saturated rings. The second-order valence-electron chi connectivity index (χ2n) is 1.69. The SMILES string of the molecule is F.F.F.F.F.NCc1ccccc1.[Sb]. The Morgan fingerprint density at radius 3 is 1.36 bits per heavy atom. The zero-order chi connectivity index (χ0) is 5.82. The van der Waals surface area contributed by atoms with Crippen LogP contribution in [0.25, 0.3) is 0 Å². The van der Waals surface area contributed by atoms with Crippen molar-refractivity contribution < 1.29 is 23.5 Å². The largest absolute Gasteiger partial charge is 0.326 e. The minimum absolute atomic E-state index is 0. The van der Waals surface area contributed by atoms with E-state index in [4.69, 9.17) is 5.73 Å². The maximum atomic E-state index is 5.35. The maximum Gasteiger partial charge on any atom is 0.0178 e. The number of benzene rings is 1. The summed E-state index contributed by atoms with van der Waals surface area (Å²) in [4.78, 5) is 0. The van der Waals surface area contributed by atoms with Crippen LogP contribution in [0.2, 0.25) is 0 Å². The second kappa shape index (κ2) is 22.9. The third-order valence-electron chi connectivity index (χ3n) is 1.08.